The van der Waals surface area contributed by atoms with Crippen molar-refractivity contribution in [2.24, 2.45) is 0 Å². The number of benzene rings is 3. The Balaban J connectivity index is 1.89. The van der Waals surface area contributed by atoms with E-state index in [2.05, 4.69) is 82.3 Å². The maximum Gasteiger partial charge on any atom is 0.147 e. The number of aromatic nitrogens is 3. The molecular weight excluding hydrogens is 318 g/mol. The van der Waals surface area contributed by atoms with Crippen molar-refractivity contribution in [2.75, 3.05) is 0 Å². The van der Waals surface area contributed by atoms with Crippen molar-refractivity contribution in [1.82, 2.24) is 14.5 Å². The van der Waals surface area contributed by atoms with Gasteiger partial charge >= 0.3 is 0 Å². The third-order valence-corrected chi connectivity index (χ3v) is 5.18. The zero-order chi connectivity index (χ0) is 17.1. The van der Waals surface area contributed by atoms with E-state index in [1.54, 1.807) is 0 Å². The molecule has 0 saturated carbocycles. The van der Waals surface area contributed by atoms with Crippen LogP contribution < -0.4 is 0 Å². The molecule has 0 radical (unpaired) electrons. The van der Waals surface area contributed by atoms with E-state index < -0.39 is 0 Å². The van der Waals surface area contributed by atoms with Gasteiger partial charge in [-0.05, 0) is 24.3 Å². The summed E-state index contributed by atoms with van der Waals surface area (Å²) in [5.74, 6) is 0. The van der Waals surface area contributed by atoms with E-state index in [1.165, 1.54) is 27.1 Å². The van der Waals surface area contributed by atoms with Gasteiger partial charge in [0.1, 0.15) is 5.65 Å². The van der Waals surface area contributed by atoms with Gasteiger partial charge < -0.3 is 4.98 Å². The summed E-state index contributed by atoms with van der Waals surface area (Å²) in [5, 5.41) is 4.78. The minimum atomic E-state index is 0.983. The van der Waals surface area contributed by atoms with Gasteiger partial charge in [-0.1, -0.05) is 54.6 Å². The second-order valence-electron chi connectivity index (χ2n) is 6.60. The van der Waals surface area contributed by atoms with Gasteiger partial charge in [-0.3, -0.25) is 4.57 Å². The average molecular weight is 333 g/mol. The van der Waals surface area contributed by atoms with Crippen LogP contribution in [0.4, 0.5) is 0 Å². The van der Waals surface area contributed by atoms with E-state index in [0.29, 0.717) is 0 Å². The Kier molecular flexibility index (Phi) is 2.61. The molecule has 0 spiro atoms. The number of aromatic amines is 1. The van der Waals surface area contributed by atoms with Gasteiger partial charge in [0.05, 0.1) is 16.4 Å². The average Bonchev–Trinajstić information content (AvgIpc) is 3.24. The van der Waals surface area contributed by atoms with Crippen molar-refractivity contribution < 1.29 is 0 Å². The van der Waals surface area contributed by atoms with Gasteiger partial charge in [-0.15, -0.1) is 0 Å². The van der Waals surface area contributed by atoms with E-state index >= 15 is 0 Å². The standard InChI is InChI=1S/C23H15N3/c1-2-8-15(9-3-1)26-20-13-7-5-11-17(20)21-22-18(14-24-23(21)26)16-10-4-6-12-19(16)25-22/h1-14,25H. The molecule has 0 fully saturated rings. The van der Waals surface area contributed by atoms with Gasteiger partial charge in [0.2, 0.25) is 0 Å². The molecule has 0 bridgehead atoms. The molecule has 6 rings (SSSR count). The van der Waals surface area contributed by atoms with E-state index in [1.807, 2.05) is 12.3 Å². The van der Waals surface area contributed by atoms with Crippen LogP contribution in [0.2, 0.25) is 0 Å². The number of fused-ring (bicyclic) bond motifs is 7. The molecule has 3 aromatic carbocycles. The molecule has 0 aliphatic carbocycles. The summed E-state index contributed by atoms with van der Waals surface area (Å²) in [7, 11) is 0. The van der Waals surface area contributed by atoms with Crippen molar-refractivity contribution in [1.29, 1.82) is 0 Å². The summed E-state index contributed by atoms with van der Waals surface area (Å²) in [5.41, 5.74) is 5.58. The van der Waals surface area contributed by atoms with E-state index in [9.17, 15) is 0 Å². The molecule has 3 aromatic heterocycles. The third kappa shape index (κ3) is 1.69. The number of para-hydroxylation sites is 3. The molecule has 6 aromatic rings. The Morgan fingerprint density at radius 3 is 2.31 bits per heavy atom. The largest absolute Gasteiger partial charge is 0.354 e. The minimum Gasteiger partial charge on any atom is -0.354 e. The molecule has 0 amide bonds. The Morgan fingerprint density at radius 2 is 1.42 bits per heavy atom. The second-order valence-corrected chi connectivity index (χ2v) is 6.60. The molecule has 0 saturated heterocycles. The molecule has 0 aliphatic rings. The van der Waals surface area contributed by atoms with Crippen molar-refractivity contribution in [3.05, 3.63) is 85.1 Å². The molecule has 3 heterocycles. The molecule has 122 valence electrons. The van der Waals surface area contributed by atoms with E-state index in [4.69, 9.17) is 4.98 Å². The highest BCUT2D eigenvalue weighted by atomic mass is 15.0. The smallest absolute Gasteiger partial charge is 0.147 e. The van der Waals surface area contributed by atoms with Gasteiger partial charge in [0.15, 0.2) is 0 Å². The van der Waals surface area contributed by atoms with Gasteiger partial charge in [0, 0.05) is 33.6 Å². The molecule has 1 N–H and O–H groups in total. The fraction of sp³-hybridized carbons (Fsp3) is 0. The lowest BCUT2D eigenvalue weighted by Crippen LogP contribution is -1.94. The Labute approximate surface area is 149 Å². The highest BCUT2D eigenvalue weighted by molar-refractivity contribution is 6.23. The maximum atomic E-state index is 4.89. The first-order chi connectivity index (χ1) is 12.9. The number of nitrogens with one attached hydrogen (secondary N) is 1. The van der Waals surface area contributed by atoms with Gasteiger partial charge in [0.25, 0.3) is 0 Å². The molecule has 3 nitrogen and oxygen atoms in total. The van der Waals surface area contributed by atoms with Crippen molar-refractivity contribution in [2.45, 2.75) is 0 Å². The molecule has 0 aliphatic heterocycles. The Hall–Kier alpha value is -3.59. The summed E-state index contributed by atoms with van der Waals surface area (Å²) in [4.78, 5) is 8.51. The predicted octanol–water partition coefficient (Wildman–Crippen LogP) is 5.81. The summed E-state index contributed by atoms with van der Waals surface area (Å²) in [6, 6.07) is 27.4. The maximum absolute atomic E-state index is 4.89. The number of hydrogen-bond donors (Lipinski definition) is 1. The van der Waals surface area contributed by atoms with Crippen LogP contribution in [-0.2, 0) is 0 Å². The van der Waals surface area contributed by atoms with Gasteiger partial charge in [-0.2, -0.15) is 0 Å². The fourth-order valence-corrected chi connectivity index (χ4v) is 4.05. The molecule has 0 atom stereocenters. The zero-order valence-corrected chi connectivity index (χ0v) is 14.0. The zero-order valence-electron chi connectivity index (χ0n) is 14.0. The Morgan fingerprint density at radius 1 is 0.692 bits per heavy atom. The van der Waals surface area contributed by atoms with Crippen LogP contribution in [0.1, 0.15) is 0 Å². The third-order valence-electron chi connectivity index (χ3n) is 5.18. The number of H-pyrrole nitrogens is 1. The summed E-state index contributed by atoms with van der Waals surface area (Å²) in [6.45, 7) is 0. The first-order valence-electron chi connectivity index (χ1n) is 8.76. The van der Waals surface area contributed by atoms with E-state index in [-0.39, 0.29) is 0 Å². The second kappa shape index (κ2) is 4.96. The minimum absolute atomic E-state index is 0.983. The number of hydrogen-bond acceptors (Lipinski definition) is 1. The first kappa shape index (κ1) is 13.7. The molecule has 26 heavy (non-hydrogen) atoms. The van der Waals surface area contributed by atoms with Crippen LogP contribution in [0.3, 0.4) is 0 Å². The van der Waals surface area contributed by atoms with Gasteiger partial charge in [-0.25, -0.2) is 4.98 Å². The number of nitrogens with zero attached hydrogens (tertiary/aromatic N) is 2. The van der Waals surface area contributed by atoms with Crippen LogP contribution >= 0.6 is 0 Å². The molecular formula is C23H15N3. The van der Waals surface area contributed by atoms with Crippen LogP contribution in [0, 0.1) is 0 Å². The molecule has 0 unspecified atom stereocenters. The normalized spacial score (nSPS) is 11.8. The lowest BCUT2D eigenvalue weighted by atomic mass is 10.1. The molecule has 3 heteroatoms. The van der Waals surface area contributed by atoms with Crippen LogP contribution in [-0.4, -0.2) is 14.5 Å². The highest BCUT2D eigenvalue weighted by Gasteiger charge is 2.17. The summed E-state index contributed by atoms with van der Waals surface area (Å²) in [6.07, 6.45) is 1.99. The van der Waals surface area contributed by atoms with Crippen LogP contribution in [0.25, 0.3) is 49.4 Å². The number of pyridine rings is 1. The van der Waals surface area contributed by atoms with Crippen molar-refractivity contribution in [3.8, 4) is 5.69 Å². The summed E-state index contributed by atoms with van der Waals surface area (Å²) >= 11 is 0. The monoisotopic (exact) mass is 333 g/mol. The van der Waals surface area contributed by atoms with Crippen LogP contribution in [0.15, 0.2) is 85.1 Å². The Bertz CT molecular complexity index is 1420. The lowest BCUT2D eigenvalue weighted by Gasteiger charge is -2.06. The predicted molar refractivity (Wildman–Crippen MR) is 108 cm³/mol. The highest BCUT2D eigenvalue weighted by Crippen LogP contribution is 2.37. The summed E-state index contributed by atoms with van der Waals surface area (Å²) < 4.78 is 2.25. The fourth-order valence-electron chi connectivity index (χ4n) is 4.05. The van der Waals surface area contributed by atoms with Crippen molar-refractivity contribution in [3.63, 3.8) is 0 Å². The topological polar surface area (TPSA) is 33.6 Å². The van der Waals surface area contributed by atoms with Crippen LogP contribution in [0.5, 0.6) is 0 Å². The first-order valence-corrected chi connectivity index (χ1v) is 8.76. The number of rotatable bonds is 1. The van der Waals surface area contributed by atoms with Crippen molar-refractivity contribution >= 4 is 43.7 Å². The SMILES string of the molecule is c1ccc(-n2c3ccccc3c3c4[nH]c5ccccc5c4cnc32)cc1. The van der Waals surface area contributed by atoms with E-state index in [0.717, 1.165) is 22.4 Å². The quantitative estimate of drug-likeness (QED) is 0.404. The lowest BCUT2D eigenvalue weighted by molar-refractivity contribution is 1.14.